The maximum absolute atomic E-state index is 12.7. The molecule has 0 saturated heterocycles. The number of nitrogens with one attached hydrogen (secondary N) is 2. The van der Waals surface area contributed by atoms with Gasteiger partial charge in [-0.2, -0.15) is 5.26 Å². The number of nitriles is 1. The third kappa shape index (κ3) is 4.02. The zero-order valence-electron chi connectivity index (χ0n) is 14.6. The van der Waals surface area contributed by atoms with Crippen molar-refractivity contribution in [2.24, 2.45) is 0 Å². The summed E-state index contributed by atoms with van der Waals surface area (Å²) in [5.41, 5.74) is 1.91. The van der Waals surface area contributed by atoms with E-state index >= 15 is 0 Å². The number of amides is 2. The standard InChI is InChI=1S/C19H20BrN5O/c1-13-11-14(5-6-15(13)20)23-18(26)25-19(8-3-2-4-9-19)16-7-10-22-17(12-21)24-16/h5-7,10-11H,2-4,8-9H2,1H3,(H2,23,25,26). The Morgan fingerprint density at radius 1 is 1.27 bits per heavy atom. The molecule has 3 rings (SSSR count). The van der Waals surface area contributed by atoms with Gasteiger partial charge in [0.15, 0.2) is 0 Å². The number of aryl methyl sites for hydroxylation is 1. The molecule has 0 radical (unpaired) electrons. The monoisotopic (exact) mass is 413 g/mol. The van der Waals surface area contributed by atoms with Gasteiger partial charge in [-0.3, -0.25) is 0 Å². The Kier molecular flexibility index (Phi) is 5.52. The van der Waals surface area contributed by atoms with Crippen molar-refractivity contribution in [2.45, 2.75) is 44.6 Å². The molecule has 0 aliphatic heterocycles. The normalized spacial score (nSPS) is 15.7. The Labute approximate surface area is 161 Å². The molecule has 1 fully saturated rings. The Bertz CT molecular complexity index is 855. The SMILES string of the molecule is Cc1cc(NC(=O)NC2(c3ccnc(C#N)n3)CCCCC2)ccc1Br. The summed E-state index contributed by atoms with van der Waals surface area (Å²) >= 11 is 3.46. The highest BCUT2D eigenvalue weighted by Crippen LogP contribution is 2.36. The summed E-state index contributed by atoms with van der Waals surface area (Å²) in [6.07, 6.45) is 6.30. The van der Waals surface area contributed by atoms with Crippen molar-refractivity contribution >= 4 is 27.6 Å². The van der Waals surface area contributed by atoms with Crippen LogP contribution in [0.2, 0.25) is 0 Å². The van der Waals surface area contributed by atoms with Gasteiger partial charge in [-0.1, -0.05) is 35.2 Å². The number of rotatable bonds is 3. The first-order chi connectivity index (χ1) is 12.5. The Balaban J connectivity index is 1.82. The van der Waals surface area contributed by atoms with Gasteiger partial charge < -0.3 is 10.6 Å². The molecule has 1 aliphatic carbocycles. The van der Waals surface area contributed by atoms with E-state index in [1.807, 2.05) is 31.2 Å². The third-order valence-corrected chi connectivity index (χ3v) is 5.61. The summed E-state index contributed by atoms with van der Waals surface area (Å²) in [5.74, 6) is 0.123. The van der Waals surface area contributed by atoms with Crippen LogP contribution in [0.4, 0.5) is 10.5 Å². The fraction of sp³-hybridized carbons (Fsp3) is 0.368. The summed E-state index contributed by atoms with van der Waals surface area (Å²) < 4.78 is 0.997. The van der Waals surface area contributed by atoms with Crippen LogP contribution in [0.25, 0.3) is 0 Å². The Hall–Kier alpha value is -2.46. The molecule has 1 aromatic heterocycles. The smallest absolute Gasteiger partial charge is 0.319 e. The first kappa shape index (κ1) is 18.3. The number of benzene rings is 1. The lowest BCUT2D eigenvalue weighted by atomic mass is 9.79. The number of hydrogen-bond donors (Lipinski definition) is 2. The van der Waals surface area contributed by atoms with E-state index in [-0.39, 0.29) is 11.9 Å². The maximum atomic E-state index is 12.7. The van der Waals surface area contributed by atoms with Crippen LogP contribution in [0, 0.1) is 18.3 Å². The Morgan fingerprint density at radius 2 is 2.04 bits per heavy atom. The average Bonchev–Trinajstić information content (AvgIpc) is 2.65. The third-order valence-electron chi connectivity index (χ3n) is 4.72. The molecule has 134 valence electrons. The van der Waals surface area contributed by atoms with E-state index in [1.54, 1.807) is 12.3 Å². The lowest BCUT2D eigenvalue weighted by Crippen LogP contribution is -2.49. The first-order valence-electron chi connectivity index (χ1n) is 8.61. The second kappa shape index (κ2) is 7.83. The topological polar surface area (TPSA) is 90.7 Å². The van der Waals surface area contributed by atoms with E-state index in [0.29, 0.717) is 5.69 Å². The maximum Gasteiger partial charge on any atom is 0.319 e. The predicted octanol–water partition coefficient (Wildman–Crippen LogP) is 4.40. The van der Waals surface area contributed by atoms with Crippen molar-refractivity contribution in [3.8, 4) is 6.07 Å². The molecule has 2 amide bonds. The van der Waals surface area contributed by atoms with Crippen LogP contribution in [-0.2, 0) is 5.54 Å². The number of hydrogen-bond acceptors (Lipinski definition) is 4. The van der Waals surface area contributed by atoms with Crippen molar-refractivity contribution < 1.29 is 4.79 Å². The minimum atomic E-state index is -0.568. The van der Waals surface area contributed by atoms with Gasteiger partial charge >= 0.3 is 6.03 Å². The van der Waals surface area contributed by atoms with Crippen LogP contribution < -0.4 is 10.6 Å². The molecule has 1 aliphatic rings. The quantitative estimate of drug-likeness (QED) is 0.779. The highest BCUT2D eigenvalue weighted by Gasteiger charge is 2.37. The molecule has 1 saturated carbocycles. The molecule has 0 atom stereocenters. The fourth-order valence-electron chi connectivity index (χ4n) is 3.38. The van der Waals surface area contributed by atoms with E-state index in [9.17, 15) is 4.79 Å². The van der Waals surface area contributed by atoms with Crippen molar-refractivity contribution in [3.63, 3.8) is 0 Å². The molecule has 1 heterocycles. The van der Waals surface area contributed by atoms with Crippen LogP contribution in [-0.4, -0.2) is 16.0 Å². The largest absolute Gasteiger partial charge is 0.327 e. The number of urea groups is 1. The van der Waals surface area contributed by atoms with Crippen LogP contribution >= 0.6 is 15.9 Å². The summed E-state index contributed by atoms with van der Waals surface area (Å²) in [4.78, 5) is 21.0. The van der Waals surface area contributed by atoms with Crippen molar-refractivity contribution in [1.29, 1.82) is 5.26 Å². The summed E-state index contributed by atoms with van der Waals surface area (Å²) in [7, 11) is 0. The zero-order valence-corrected chi connectivity index (χ0v) is 16.1. The van der Waals surface area contributed by atoms with Crippen LogP contribution in [0.15, 0.2) is 34.9 Å². The average molecular weight is 414 g/mol. The fourth-order valence-corrected chi connectivity index (χ4v) is 3.63. The molecule has 6 nitrogen and oxygen atoms in total. The van der Waals surface area contributed by atoms with Gasteiger partial charge in [-0.25, -0.2) is 14.8 Å². The molecular formula is C19H20BrN5O. The predicted molar refractivity (Wildman–Crippen MR) is 103 cm³/mol. The van der Waals surface area contributed by atoms with Gasteiger partial charge in [0, 0.05) is 16.4 Å². The Morgan fingerprint density at radius 3 is 2.73 bits per heavy atom. The van der Waals surface area contributed by atoms with Crippen LogP contribution in [0.1, 0.15) is 49.2 Å². The molecule has 0 spiro atoms. The zero-order chi connectivity index (χ0) is 18.6. The number of aromatic nitrogens is 2. The summed E-state index contributed by atoms with van der Waals surface area (Å²) in [6, 6.07) is 9.16. The lowest BCUT2D eigenvalue weighted by Gasteiger charge is -2.37. The molecule has 7 heteroatoms. The molecule has 1 aromatic carbocycles. The molecular weight excluding hydrogens is 394 g/mol. The highest BCUT2D eigenvalue weighted by atomic mass is 79.9. The summed E-state index contributed by atoms with van der Waals surface area (Å²) in [5, 5.41) is 15.1. The second-order valence-electron chi connectivity index (χ2n) is 6.56. The molecule has 0 unspecified atom stereocenters. The minimum absolute atomic E-state index is 0.123. The first-order valence-corrected chi connectivity index (χ1v) is 9.41. The lowest BCUT2D eigenvalue weighted by molar-refractivity contribution is 0.209. The molecule has 26 heavy (non-hydrogen) atoms. The van der Waals surface area contributed by atoms with Crippen LogP contribution in [0.5, 0.6) is 0 Å². The molecule has 0 bridgehead atoms. The van der Waals surface area contributed by atoms with Crippen molar-refractivity contribution in [3.05, 3.63) is 52.0 Å². The van der Waals surface area contributed by atoms with Crippen LogP contribution in [0.3, 0.4) is 0 Å². The van der Waals surface area contributed by atoms with E-state index in [0.717, 1.165) is 47.8 Å². The number of carbonyl (C=O) groups excluding carboxylic acids is 1. The van der Waals surface area contributed by atoms with E-state index in [2.05, 4.69) is 36.5 Å². The number of anilines is 1. The van der Waals surface area contributed by atoms with E-state index in [4.69, 9.17) is 5.26 Å². The number of halogens is 1. The number of nitrogens with zero attached hydrogens (tertiary/aromatic N) is 3. The van der Waals surface area contributed by atoms with E-state index in [1.165, 1.54) is 0 Å². The van der Waals surface area contributed by atoms with Gasteiger partial charge in [0.25, 0.3) is 0 Å². The molecule has 2 N–H and O–H groups in total. The van der Waals surface area contributed by atoms with E-state index < -0.39 is 5.54 Å². The van der Waals surface area contributed by atoms with Gasteiger partial charge in [-0.05, 0) is 49.6 Å². The van der Waals surface area contributed by atoms with Gasteiger partial charge in [0.1, 0.15) is 6.07 Å². The molecule has 2 aromatic rings. The van der Waals surface area contributed by atoms with Crippen molar-refractivity contribution in [1.82, 2.24) is 15.3 Å². The number of carbonyl (C=O) groups is 1. The van der Waals surface area contributed by atoms with Gasteiger partial charge in [-0.15, -0.1) is 0 Å². The van der Waals surface area contributed by atoms with Gasteiger partial charge in [0.2, 0.25) is 5.82 Å². The summed E-state index contributed by atoms with van der Waals surface area (Å²) in [6.45, 7) is 1.97. The minimum Gasteiger partial charge on any atom is -0.327 e. The van der Waals surface area contributed by atoms with Gasteiger partial charge in [0.05, 0.1) is 11.2 Å². The highest BCUT2D eigenvalue weighted by molar-refractivity contribution is 9.10. The second-order valence-corrected chi connectivity index (χ2v) is 7.42. The van der Waals surface area contributed by atoms with Crippen molar-refractivity contribution in [2.75, 3.05) is 5.32 Å².